The molecule has 14 nitrogen and oxygen atoms in total. The quantitative estimate of drug-likeness (QED) is 0.0928. The minimum atomic E-state index is -2.74. The summed E-state index contributed by atoms with van der Waals surface area (Å²) in [5, 5.41) is 38.1. The van der Waals surface area contributed by atoms with Crippen LogP contribution >= 0.6 is 35.1 Å². The van der Waals surface area contributed by atoms with Gasteiger partial charge < -0.3 is 30.5 Å². The van der Waals surface area contributed by atoms with Crippen LogP contribution in [0.3, 0.4) is 0 Å². The first-order valence-corrected chi connectivity index (χ1v) is 15.9. The Labute approximate surface area is 286 Å². The molecule has 47 heavy (non-hydrogen) atoms. The number of esters is 1. The molecule has 0 bridgehead atoms. The van der Waals surface area contributed by atoms with Crippen LogP contribution in [0, 0.1) is 4.91 Å². The number of hydrogen-bond acceptors (Lipinski definition) is 12. The third-order valence-corrected chi connectivity index (χ3v) is 8.21. The maximum atomic E-state index is 12.5. The summed E-state index contributed by atoms with van der Waals surface area (Å²) in [5.74, 6) is -5.30. The molecule has 0 aromatic heterocycles. The fourth-order valence-corrected chi connectivity index (χ4v) is 5.53. The van der Waals surface area contributed by atoms with E-state index in [0.717, 1.165) is 55.9 Å². The SMILES string of the molecule is CC(C)(CN1CCN(CCOC(=O)Cc2ccccc2Nc2c(Cl)cccc2Cl)CC1)SN=O.O=C(O)CC(O)(CC(=O)O)C(=O)O. The van der Waals surface area contributed by atoms with Gasteiger partial charge in [-0.2, -0.15) is 0 Å². The number of carbonyl (C=O) groups excluding carboxylic acids is 1. The maximum absolute atomic E-state index is 12.5. The summed E-state index contributed by atoms with van der Waals surface area (Å²) in [6.45, 7) is 9.56. The Bertz CT molecular complexity index is 1370. The molecule has 0 amide bonds. The monoisotopic (exact) mass is 716 g/mol. The van der Waals surface area contributed by atoms with Gasteiger partial charge in [-0.3, -0.25) is 24.2 Å². The van der Waals surface area contributed by atoms with Crippen molar-refractivity contribution in [1.82, 2.24) is 9.80 Å². The first-order chi connectivity index (χ1) is 22.0. The fourth-order valence-electron chi connectivity index (χ4n) is 4.60. The molecule has 258 valence electrons. The summed E-state index contributed by atoms with van der Waals surface area (Å²) < 4.78 is 8.30. The van der Waals surface area contributed by atoms with E-state index in [1.165, 1.54) is 0 Å². The average Bonchev–Trinajstić information content (AvgIpc) is 2.96. The van der Waals surface area contributed by atoms with Crippen LogP contribution in [-0.4, -0.2) is 110 Å². The predicted molar refractivity (Wildman–Crippen MR) is 178 cm³/mol. The second-order valence-electron chi connectivity index (χ2n) is 11.3. The number of aliphatic hydroxyl groups is 1. The van der Waals surface area contributed by atoms with Gasteiger partial charge in [0.15, 0.2) is 5.60 Å². The Morgan fingerprint density at radius 1 is 0.915 bits per heavy atom. The van der Waals surface area contributed by atoms with Gasteiger partial charge in [-0.1, -0.05) is 47.5 Å². The number of nitroso groups, excluding NO2 is 1. The number of carboxylic acid groups (broad SMARTS) is 3. The molecule has 0 aliphatic carbocycles. The summed E-state index contributed by atoms with van der Waals surface area (Å²) in [5.41, 5.74) is -0.563. The minimum Gasteiger partial charge on any atom is -0.481 e. The number of rotatable bonds is 16. The molecule has 0 spiro atoms. The fraction of sp³-hybridized carbons (Fsp3) is 0.467. The number of aliphatic carboxylic acids is 3. The number of hydrogen-bond donors (Lipinski definition) is 5. The van der Waals surface area contributed by atoms with Gasteiger partial charge in [0.25, 0.3) is 0 Å². The highest BCUT2D eigenvalue weighted by Gasteiger charge is 2.40. The Morgan fingerprint density at radius 3 is 2.00 bits per heavy atom. The standard InChI is InChI=1S/C24H30Cl2N4O3S.C6H8O7/c1-24(2,34-28-32)17-30-12-10-29(11-13-30)14-15-33-22(31)16-18-6-3-4-9-21(18)27-23-19(25)7-5-8-20(23)26;7-3(8)1-6(13,5(11)12)2-4(9)10/h3-9,27H,10-17H2,1-2H3;13H,1-2H2,(H,7,8)(H,9,10)(H,11,12). The highest BCUT2D eigenvalue weighted by molar-refractivity contribution is 7.99. The van der Waals surface area contributed by atoms with Crippen molar-refractivity contribution in [3.05, 3.63) is 63.0 Å². The Kier molecular flexibility index (Phi) is 15.8. The van der Waals surface area contributed by atoms with Crippen LogP contribution in [0.1, 0.15) is 32.3 Å². The van der Waals surface area contributed by atoms with Crippen molar-refractivity contribution in [1.29, 1.82) is 0 Å². The van der Waals surface area contributed by atoms with Crippen LogP contribution in [0.4, 0.5) is 11.4 Å². The Balaban J connectivity index is 0.000000500. The van der Waals surface area contributed by atoms with Crippen LogP contribution in [0.25, 0.3) is 0 Å². The van der Waals surface area contributed by atoms with Crippen molar-refractivity contribution >= 4 is 70.4 Å². The average molecular weight is 718 g/mol. The molecule has 17 heteroatoms. The molecule has 0 unspecified atom stereocenters. The largest absolute Gasteiger partial charge is 0.481 e. The molecule has 2 aromatic rings. The lowest BCUT2D eigenvalue weighted by Crippen LogP contribution is -2.50. The number of anilines is 2. The van der Waals surface area contributed by atoms with E-state index >= 15 is 0 Å². The lowest BCUT2D eigenvalue weighted by atomic mass is 9.96. The van der Waals surface area contributed by atoms with E-state index in [1.54, 1.807) is 18.2 Å². The summed E-state index contributed by atoms with van der Waals surface area (Å²) in [6, 6.07) is 12.8. The second-order valence-corrected chi connectivity index (χ2v) is 13.5. The molecule has 0 saturated carbocycles. The van der Waals surface area contributed by atoms with Crippen molar-refractivity contribution in [3.8, 4) is 0 Å². The molecular weight excluding hydrogens is 679 g/mol. The lowest BCUT2D eigenvalue weighted by molar-refractivity contribution is -0.170. The zero-order valence-electron chi connectivity index (χ0n) is 25.9. The molecular formula is C30H38Cl2N4O10S. The Morgan fingerprint density at radius 2 is 1.47 bits per heavy atom. The van der Waals surface area contributed by atoms with Crippen LogP contribution < -0.4 is 5.32 Å². The molecule has 1 heterocycles. The number of ether oxygens (including phenoxy) is 1. The van der Waals surface area contributed by atoms with Crippen LogP contribution in [0.15, 0.2) is 47.0 Å². The van der Waals surface area contributed by atoms with Gasteiger partial charge in [-0.05, 0) is 37.6 Å². The van der Waals surface area contributed by atoms with E-state index < -0.39 is 36.4 Å². The predicted octanol–water partition coefficient (Wildman–Crippen LogP) is 4.39. The summed E-state index contributed by atoms with van der Waals surface area (Å²) in [6.07, 6.45) is -2.14. The van der Waals surface area contributed by atoms with Gasteiger partial charge >= 0.3 is 23.9 Å². The number of para-hydroxylation sites is 2. The molecule has 3 rings (SSSR count). The topological polar surface area (TPSA) is 206 Å². The molecule has 0 atom stereocenters. The number of piperazine rings is 1. The molecule has 2 aromatic carbocycles. The minimum absolute atomic E-state index is 0.149. The number of carboxylic acids is 3. The molecule has 1 aliphatic heterocycles. The molecule has 0 radical (unpaired) electrons. The second kappa shape index (κ2) is 18.8. The van der Waals surface area contributed by atoms with Crippen LogP contribution in [-0.2, 0) is 30.3 Å². The van der Waals surface area contributed by atoms with E-state index in [1.807, 2.05) is 38.1 Å². The number of halogens is 2. The third kappa shape index (κ3) is 14.0. The van der Waals surface area contributed by atoms with Crippen LogP contribution in [0.2, 0.25) is 10.0 Å². The van der Waals surface area contributed by atoms with Gasteiger partial charge in [0.1, 0.15) is 6.61 Å². The Hall–Kier alpha value is -3.47. The van der Waals surface area contributed by atoms with Gasteiger partial charge in [-0.25, -0.2) is 4.79 Å². The highest BCUT2D eigenvalue weighted by atomic mass is 35.5. The van der Waals surface area contributed by atoms with Crippen molar-refractivity contribution < 1.29 is 44.3 Å². The van der Waals surface area contributed by atoms with E-state index in [4.69, 9.17) is 48.4 Å². The first kappa shape index (κ1) is 39.7. The van der Waals surface area contributed by atoms with E-state index in [9.17, 15) is 24.1 Å². The van der Waals surface area contributed by atoms with Gasteiger partial charge in [0.05, 0.1) is 35.0 Å². The lowest BCUT2D eigenvalue weighted by Gasteiger charge is -2.37. The van der Waals surface area contributed by atoms with Gasteiger partial charge in [0, 0.05) is 66.2 Å². The molecule has 1 saturated heterocycles. The molecule has 5 N–H and O–H groups in total. The first-order valence-electron chi connectivity index (χ1n) is 14.3. The zero-order valence-corrected chi connectivity index (χ0v) is 28.2. The van der Waals surface area contributed by atoms with Crippen molar-refractivity contribution in [2.75, 3.05) is 51.2 Å². The van der Waals surface area contributed by atoms with Gasteiger partial charge in [-0.15, -0.1) is 4.91 Å². The van der Waals surface area contributed by atoms with E-state index in [2.05, 4.69) is 19.7 Å². The van der Waals surface area contributed by atoms with E-state index in [0.29, 0.717) is 28.9 Å². The zero-order chi connectivity index (χ0) is 35.2. The molecule has 1 aliphatic rings. The number of carbonyl (C=O) groups is 4. The van der Waals surface area contributed by atoms with Crippen LogP contribution in [0.5, 0.6) is 0 Å². The van der Waals surface area contributed by atoms with Crippen molar-refractivity contribution in [2.45, 2.75) is 43.5 Å². The molecule has 1 fully saturated rings. The third-order valence-electron chi connectivity index (χ3n) is 6.88. The van der Waals surface area contributed by atoms with Crippen molar-refractivity contribution in [2.24, 2.45) is 4.58 Å². The summed E-state index contributed by atoms with van der Waals surface area (Å²) in [7, 11) is 0. The maximum Gasteiger partial charge on any atom is 0.336 e. The van der Waals surface area contributed by atoms with Gasteiger partial charge in [0.2, 0.25) is 0 Å². The van der Waals surface area contributed by atoms with E-state index in [-0.39, 0.29) is 17.1 Å². The number of benzene rings is 2. The summed E-state index contributed by atoms with van der Waals surface area (Å²) >= 11 is 13.6. The normalized spacial score (nSPS) is 14.0. The summed E-state index contributed by atoms with van der Waals surface area (Å²) in [4.78, 5) is 58.2. The smallest absolute Gasteiger partial charge is 0.336 e. The number of nitrogens with zero attached hydrogens (tertiary/aromatic N) is 3. The van der Waals surface area contributed by atoms with Crippen molar-refractivity contribution in [3.63, 3.8) is 0 Å². The highest BCUT2D eigenvalue weighted by Crippen LogP contribution is 2.33. The number of nitrogens with one attached hydrogen (secondary N) is 1.